The van der Waals surface area contributed by atoms with Crippen LogP contribution in [-0.4, -0.2) is 4.57 Å². The number of nitriles is 1. The molecule has 5 heteroatoms. The van der Waals surface area contributed by atoms with Gasteiger partial charge in [-0.2, -0.15) is 9.83 Å². The molecule has 2 aromatic heterocycles. The van der Waals surface area contributed by atoms with Gasteiger partial charge in [-0.15, -0.1) is 0 Å². The van der Waals surface area contributed by atoms with E-state index >= 15 is 4.39 Å². The maximum atomic E-state index is 15.4. The zero-order valence-electron chi connectivity index (χ0n) is 19.3. The normalized spacial score (nSPS) is 11.3. The van der Waals surface area contributed by atoms with Crippen molar-refractivity contribution in [3.63, 3.8) is 0 Å². The number of halogens is 1. The minimum absolute atomic E-state index is 0.245. The van der Waals surface area contributed by atoms with Crippen LogP contribution >= 0.6 is 0 Å². The van der Waals surface area contributed by atoms with Crippen molar-refractivity contribution in [3.05, 3.63) is 108 Å². The van der Waals surface area contributed by atoms with Crippen LogP contribution in [0.5, 0.6) is 0 Å². The molecule has 0 amide bonds. The molecule has 0 radical (unpaired) electrons. The smallest absolute Gasteiger partial charge is 0.295 e. The van der Waals surface area contributed by atoms with Gasteiger partial charge in [0.05, 0.1) is 29.6 Å². The number of benzene rings is 4. The molecular weight excluding hydrogens is 437 g/mol. The number of imidazole rings is 1. The Morgan fingerprint density at radius 3 is 2.37 bits per heavy atom. The third kappa shape index (κ3) is 3.23. The summed E-state index contributed by atoms with van der Waals surface area (Å²) in [6, 6.07) is 31.0. The van der Waals surface area contributed by atoms with Crippen molar-refractivity contribution < 1.29 is 13.4 Å². The number of para-hydroxylation sites is 2. The van der Waals surface area contributed by atoms with Gasteiger partial charge in [0.25, 0.3) is 5.82 Å². The highest BCUT2D eigenvalue weighted by atomic mass is 19.1. The zero-order chi connectivity index (χ0) is 24.1. The van der Waals surface area contributed by atoms with E-state index in [1.54, 1.807) is 0 Å². The first-order chi connectivity index (χ1) is 17.1. The van der Waals surface area contributed by atoms with Crippen LogP contribution in [-0.2, 0) is 7.05 Å². The van der Waals surface area contributed by atoms with E-state index in [1.807, 2.05) is 92.8 Å². The summed E-state index contributed by atoms with van der Waals surface area (Å²) in [6.07, 6.45) is 0. The van der Waals surface area contributed by atoms with Crippen molar-refractivity contribution in [3.8, 4) is 34.5 Å². The summed E-state index contributed by atoms with van der Waals surface area (Å²) >= 11 is 0. The van der Waals surface area contributed by atoms with E-state index < -0.39 is 0 Å². The number of rotatable bonds is 3. The molecule has 0 fully saturated rings. The lowest BCUT2D eigenvalue weighted by molar-refractivity contribution is -0.633. The number of nitrogens with zero attached hydrogens (tertiary/aromatic N) is 3. The number of hydrogen-bond donors (Lipinski definition) is 0. The Kier molecular flexibility index (Phi) is 4.75. The highest BCUT2D eigenvalue weighted by Gasteiger charge is 2.28. The predicted octanol–water partition coefficient (Wildman–Crippen LogP) is 6.85. The fraction of sp³-hybridized carbons (Fsp3) is 0.0667. The molecule has 4 aromatic carbocycles. The van der Waals surface area contributed by atoms with Crippen molar-refractivity contribution in [2.24, 2.45) is 7.05 Å². The van der Waals surface area contributed by atoms with Gasteiger partial charge in [0.1, 0.15) is 11.3 Å². The third-order valence-electron chi connectivity index (χ3n) is 6.52. The molecule has 6 rings (SSSR count). The molecule has 0 atom stereocenters. The summed E-state index contributed by atoms with van der Waals surface area (Å²) < 4.78 is 25.7. The molecule has 168 valence electrons. The van der Waals surface area contributed by atoms with Gasteiger partial charge in [-0.05, 0) is 61.0 Å². The second kappa shape index (κ2) is 7.96. The summed E-state index contributed by atoms with van der Waals surface area (Å²) in [5.74, 6) is 0.834. The van der Waals surface area contributed by atoms with Crippen LogP contribution in [0.15, 0.2) is 95.4 Å². The third-order valence-corrected chi connectivity index (χ3v) is 6.52. The Bertz CT molecular complexity index is 1770. The molecule has 0 aliphatic rings. The van der Waals surface area contributed by atoms with Crippen LogP contribution in [0.4, 0.5) is 4.39 Å². The highest BCUT2D eigenvalue weighted by Crippen LogP contribution is 2.37. The number of furan rings is 1. The maximum absolute atomic E-state index is 15.4. The monoisotopic (exact) mass is 458 g/mol. The van der Waals surface area contributed by atoms with Gasteiger partial charge in [0.15, 0.2) is 22.6 Å². The van der Waals surface area contributed by atoms with E-state index in [1.165, 1.54) is 0 Å². The van der Waals surface area contributed by atoms with Crippen molar-refractivity contribution in [1.82, 2.24) is 4.57 Å². The average Bonchev–Trinajstić information content (AvgIpc) is 3.38. The number of aryl methyl sites for hydroxylation is 2. The summed E-state index contributed by atoms with van der Waals surface area (Å²) in [4.78, 5) is 0. The molecule has 0 N–H and O–H groups in total. The molecule has 6 aromatic rings. The van der Waals surface area contributed by atoms with Crippen LogP contribution < -0.4 is 4.57 Å². The first-order valence-electron chi connectivity index (χ1n) is 11.4. The largest absolute Gasteiger partial charge is 0.453 e. The average molecular weight is 459 g/mol. The Hall–Kier alpha value is -4.69. The van der Waals surface area contributed by atoms with Crippen LogP contribution in [0.3, 0.4) is 0 Å². The van der Waals surface area contributed by atoms with Gasteiger partial charge >= 0.3 is 0 Å². The Morgan fingerprint density at radius 1 is 0.914 bits per heavy atom. The van der Waals surface area contributed by atoms with Crippen molar-refractivity contribution in [2.75, 3.05) is 0 Å². The second-order valence-electron chi connectivity index (χ2n) is 8.64. The molecule has 0 aliphatic carbocycles. The van der Waals surface area contributed by atoms with Gasteiger partial charge in [-0.1, -0.05) is 42.5 Å². The van der Waals surface area contributed by atoms with Crippen LogP contribution in [0.2, 0.25) is 0 Å². The Labute approximate surface area is 201 Å². The van der Waals surface area contributed by atoms with Crippen LogP contribution in [0, 0.1) is 24.1 Å². The van der Waals surface area contributed by atoms with E-state index in [0.717, 1.165) is 33.7 Å². The van der Waals surface area contributed by atoms with Gasteiger partial charge in [-0.3, -0.25) is 0 Å². The summed E-state index contributed by atoms with van der Waals surface area (Å²) in [5.41, 5.74) is 6.71. The molecule has 4 nitrogen and oxygen atoms in total. The van der Waals surface area contributed by atoms with E-state index in [0.29, 0.717) is 22.1 Å². The molecule has 2 heterocycles. The molecule has 0 aliphatic heterocycles. The molecule has 0 saturated heterocycles. The van der Waals surface area contributed by atoms with E-state index in [9.17, 15) is 5.26 Å². The topological polar surface area (TPSA) is 45.7 Å². The van der Waals surface area contributed by atoms with Gasteiger partial charge in [-0.25, -0.2) is 8.96 Å². The van der Waals surface area contributed by atoms with E-state index in [-0.39, 0.29) is 11.6 Å². The lowest BCUT2D eigenvalue weighted by atomic mass is 10.0. The molecule has 0 unspecified atom stereocenters. The Morgan fingerprint density at radius 2 is 1.63 bits per heavy atom. The van der Waals surface area contributed by atoms with Crippen LogP contribution in [0.25, 0.3) is 50.4 Å². The fourth-order valence-electron chi connectivity index (χ4n) is 4.80. The van der Waals surface area contributed by atoms with Gasteiger partial charge in [0.2, 0.25) is 0 Å². The van der Waals surface area contributed by atoms with Gasteiger partial charge in [0, 0.05) is 5.56 Å². The summed E-state index contributed by atoms with van der Waals surface area (Å²) in [5, 5.41) is 9.72. The van der Waals surface area contributed by atoms with E-state index in [2.05, 4.69) is 27.3 Å². The minimum atomic E-state index is -0.349. The van der Waals surface area contributed by atoms with Crippen molar-refractivity contribution in [1.29, 1.82) is 5.26 Å². The first kappa shape index (κ1) is 20.9. The fourth-order valence-corrected chi connectivity index (χ4v) is 4.80. The zero-order valence-corrected chi connectivity index (χ0v) is 19.3. The lowest BCUT2D eigenvalue weighted by Crippen LogP contribution is -2.30. The second-order valence-corrected chi connectivity index (χ2v) is 8.64. The van der Waals surface area contributed by atoms with E-state index in [4.69, 9.17) is 4.42 Å². The molecule has 0 bridgehead atoms. The summed E-state index contributed by atoms with van der Waals surface area (Å²) in [7, 11) is 2.03. The Balaban J connectivity index is 1.64. The maximum Gasteiger partial charge on any atom is 0.295 e. The van der Waals surface area contributed by atoms with Crippen molar-refractivity contribution >= 4 is 22.0 Å². The number of aromatic nitrogens is 2. The predicted molar refractivity (Wildman–Crippen MR) is 135 cm³/mol. The number of fused-ring (bicyclic) bond motifs is 2. The van der Waals surface area contributed by atoms with Gasteiger partial charge < -0.3 is 4.42 Å². The molecule has 0 saturated carbocycles. The molecule has 0 spiro atoms. The summed E-state index contributed by atoms with van der Waals surface area (Å²) in [6.45, 7) is 1.99. The minimum Gasteiger partial charge on any atom is -0.453 e. The number of hydrogen-bond acceptors (Lipinski definition) is 2. The SMILES string of the molecule is Cc1cc2c(F)c(-c3ccccc3)oc2cc1-c1n(-c2ccc(C#N)cc2)c2ccccc2[n+]1C. The lowest BCUT2D eigenvalue weighted by Gasteiger charge is -2.07. The molecular formula is C30H21FN3O+. The molecule has 35 heavy (non-hydrogen) atoms. The highest BCUT2D eigenvalue weighted by molar-refractivity contribution is 5.89. The van der Waals surface area contributed by atoms with Crippen LogP contribution in [0.1, 0.15) is 11.1 Å². The standard InChI is InChI=1S/C30H21FN3O/c1-19-16-24-27(35-29(28(24)31)21-8-4-3-5-9-21)17-23(19)30-33(2)25-10-6-7-11-26(25)34(30)22-14-12-20(18-32)13-15-22/h3-17H,1-2H3/q+1. The first-order valence-corrected chi connectivity index (χ1v) is 11.4. The quantitative estimate of drug-likeness (QED) is 0.272. The van der Waals surface area contributed by atoms with Crippen molar-refractivity contribution in [2.45, 2.75) is 6.92 Å².